The summed E-state index contributed by atoms with van der Waals surface area (Å²) in [5, 5.41) is 2.76. The molecule has 0 saturated carbocycles. The summed E-state index contributed by atoms with van der Waals surface area (Å²) < 4.78 is 18.9. The topological polar surface area (TPSA) is 61.9 Å². The van der Waals surface area contributed by atoms with Gasteiger partial charge in [0.05, 0.1) is 12.3 Å². The van der Waals surface area contributed by atoms with Crippen molar-refractivity contribution in [2.75, 3.05) is 38.7 Å². The van der Waals surface area contributed by atoms with E-state index >= 15 is 0 Å². The first-order valence-electron chi connectivity index (χ1n) is 8.11. The third kappa shape index (κ3) is 4.37. The second-order valence-corrected chi connectivity index (χ2v) is 6.02. The van der Waals surface area contributed by atoms with Gasteiger partial charge in [0, 0.05) is 38.8 Å². The first kappa shape index (κ1) is 18.0. The van der Waals surface area contributed by atoms with E-state index in [0.29, 0.717) is 30.9 Å². The third-order valence-electron chi connectivity index (χ3n) is 3.98. The van der Waals surface area contributed by atoms with Gasteiger partial charge < -0.3 is 19.9 Å². The van der Waals surface area contributed by atoms with Gasteiger partial charge in [0.2, 0.25) is 0 Å². The van der Waals surface area contributed by atoms with Crippen LogP contribution in [0.15, 0.2) is 18.2 Å². The first-order chi connectivity index (χ1) is 11.4. The molecule has 0 bridgehead atoms. The standard InChI is InChI=1S/C17H24FN3O3/c1-4-24-17(23)19-13-6-5-9-21(11-13)16(22)12-7-8-15(20(2)3)14(18)10-12/h7-8,10,13H,4-6,9,11H2,1-3H3,(H,19,23)/t13-/m1/s1. The molecule has 24 heavy (non-hydrogen) atoms. The highest BCUT2D eigenvalue weighted by atomic mass is 19.1. The number of ether oxygens (including phenoxy) is 1. The van der Waals surface area contributed by atoms with Gasteiger partial charge >= 0.3 is 6.09 Å². The number of carbonyl (C=O) groups is 2. The summed E-state index contributed by atoms with van der Waals surface area (Å²) in [6.07, 6.45) is 1.09. The predicted octanol–water partition coefficient (Wildman–Crippen LogP) is 2.24. The van der Waals surface area contributed by atoms with Crippen LogP contribution in [-0.2, 0) is 4.74 Å². The number of benzene rings is 1. The maximum absolute atomic E-state index is 14.1. The number of hydrogen-bond acceptors (Lipinski definition) is 4. The van der Waals surface area contributed by atoms with Gasteiger partial charge in [-0.3, -0.25) is 4.79 Å². The fourth-order valence-corrected chi connectivity index (χ4v) is 2.80. The van der Waals surface area contributed by atoms with Gasteiger partial charge in [-0.25, -0.2) is 9.18 Å². The number of anilines is 1. The lowest BCUT2D eigenvalue weighted by Crippen LogP contribution is -2.49. The average Bonchev–Trinajstić information content (AvgIpc) is 2.54. The molecule has 2 rings (SSSR count). The van der Waals surface area contributed by atoms with Crippen molar-refractivity contribution >= 4 is 17.7 Å². The first-order valence-corrected chi connectivity index (χ1v) is 8.11. The highest BCUT2D eigenvalue weighted by molar-refractivity contribution is 5.94. The van der Waals surface area contributed by atoms with Crippen LogP contribution in [0.1, 0.15) is 30.1 Å². The Balaban J connectivity index is 2.03. The van der Waals surface area contributed by atoms with Gasteiger partial charge in [-0.15, -0.1) is 0 Å². The van der Waals surface area contributed by atoms with Crippen LogP contribution in [0.3, 0.4) is 0 Å². The molecule has 0 spiro atoms. The van der Waals surface area contributed by atoms with Crippen LogP contribution in [-0.4, -0.2) is 56.7 Å². The average molecular weight is 337 g/mol. The molecule has 6 nitrogen and oxygen atoms in total. The fourth-order valence-electron chi connectivity index (χ4n) is 2.80. The number of piperidine rings is 1. The lowest BCUT2D eigenvalue weighted by atomic mass is 10.0. The Hall–Kier alpha value is -2.31. The zero-order valence-corrected chi connectivity index (χ0v) is 14.3. The van der Waals surface area contributed by atoms with Gasteiger partial charge in [0.25, 0.3) is 5.91 Å². The van der Waals surface area contributed by atoms with Crippen LogP contribution in [0.4, 0.5) is 14.9 Å². The minimum Gasteiger partial charge on any atom is -0.450 e. The van der Waals surface area contributed by atoms with Gasteiger partial charge in [0.15, 0.2) is 0 Å². The quantitative estimate of drug-likeness (QED) is 0.915. The molecule has 7 heteroatoms. The molecule has 0 unspecified atom stereocenters. The van der Waals surface area contributed by atoms with E-state index < -0.39 is 11.9 Å². The normalized spacial score (nSPS) is 17.3. The van der Waals surface area contributed by atoms with E-state index in [1.54, 1.807) is 43.0 Å². The molecule has 0 radical (unpaired) electrons. The molecule has 2 amide bonds. The van der Waals surface area contributed by atoms with E-state index in [0.717, 1.165) is 12.8 Å². The summed E-state index contributed by atoms with van der Waals surface area (Å²) in [5.41, 5.74) is 0.752. The molecule has 1 aliphatic heterocycles. The van der Waals surface area contributed by atoms with Crippen LogP contribution in [0.2, 0.25) is 0 Å². The number of alkyl carbamates (subject to hydrolysis) is 1. The molecule has 1 fully saturated rings. The summed E-state index contributed by atoms with van der Waals surface area (Å²) in [4.78, 5) is 27.4. The molecule has 0 aromatic heterocycles. The number of rotatable bonds is 4. The Morgan fingerprint density at radius 3 is 2.79 bits per heavy atom. The van der Waals surface area contributed by atoms with Gasteiger partial charge in [-0.05, 0) is 38.0 Å². The van der Waals surface area contributed by atoms with Crippen LogP contribution in [0.25, 0.3) is 0 Å². The fraction of sp³-hybridized carbons (Fsp3) is 0.529. The summed E-state index contributed by atoms with van der Waals surface area (Å²) in [5.74, 6) is -0.654. The number of nitrogens with one attached hydrogen (secondary N) is 1. The van der Waals surface area contributed by atoms with E-state index in [1.165, 1.54) is 6.07 Å². The molecule has 1 atom stereocenters. The lowest BCUT2D eigenvalue weighted by Gasteiger charge is -2.33. The van der Waals surface area contributed by atoms with E-state index in [1.807, 2.05) is 0 Å². The molecule has 1 saturated heterocycles. The molecule has 1 aromatic rings. The predicted molar refractivity (Wildman–Crippen MR) is 89.8 cm³/mol. The Kier molecular flexibility index (Phi) is 6.00. The summed E-state index contributed by atoms with van der Waals surface area (Å²) in [7, 11) is 3.49. The van der Waals surface area contributed by atoms with E-state index in [4.69, 9.17) is 4.74 Å². The molecule has 1 heterocycles. The van der Waals surface area contributed by atoms with Crippen LogP contribution < -0.4 is 10.2 Å². The van der Waals surface area contributed by atoms with E-state index in [2.05, 4.69) is 5.32 Å². The van der Waals surface area contributed by atoms with Crippen molar-refractivity contribution in [1.82, 2.24) is 10.2 Å². The SMILES string of the molecule is CCOC(=O)N[C@@H]1CCCN(C(=O)c2ccc(N(C)C)c(F)c2)C1. The molecular weight excluding hydrogens is 313 g/mol. The minimum absolute atomic E-state index is 0.146. The number of halogens is 1. The maximum Gasteiger partial charge on any atom is 0.407 e. The molecule has 132 valence electrons. The van der Waals surface area contributed by atoms with Crippen molar-refractivity contribution in [3.8, 4) is 0 Å². The highest BCUT2D eigenvalue weighted by Crippen LogP contribution is 2.20. The molecule has 1 N–H and O–H groups in total. The summed E-state index contributed by atoms with van der Waals surface area (Å²) in [6, 6.07) is 4.34. The van der Waals surface area contributed by atoms with Crippen LogP contribution in [0, 0.1) is 5.82 Å². The number of carbonyl (C=O) groups excluding carboxylic acids is 2. The number of amides is 2. The Bertz CT molecular complexity index is 607. The Morgan fingerprint density at radius 2 is 2.17 bits per heavy atom. The molecule has 0 aliphatic carbocycles. The summed E-state index contributed by atoms with van der Waals surface area (Å²) >= 11 is 0. The van der Waals surface area contributed by atoms with Crippen LogP contribution in [0.5, 0.6) is 0 Å². The van der Waals surface area contributed by atoms with Gasteiger partial charge in [-0.1, -0.05) is 0 Å². The van der Waals surface area contributed by atoms with Crippen LogP contribution >= 0.6 is 0 Å². The zero-order chi connectivity index (χ0) is 17.7. The van der Waals surface area contributed by atoms with E-state index in [9.17, 15) is 14.0 Å². The lowest BCUT2D eigenvalue weighted by molar-refractivity contribution is 0.0685. The third-order valence-corrected chi connectivity index (χ3v) is 3.98. The Morgan fingerprint density at radius 1 is 1.42 bits per heavy atom. The van der Waals surface area contributed by atoms with Crippen molar-refractivity contribution < 1.29 is 18.7 Å². The highest BCUT2D eigenvalue weighted by Gasteiger charge is 2.26. The van der Waals surface area contributed by atoms with Gasteiger partial charge in [0.1, 0.15) is 5.82 Å². The smallest absolute Gasteiger partial charge is 0.407 e. The maximum atomic E-state index is 14.1. The molecular formula is C17H24FN3O3. The second kappa shape index (κ2) is 7.99. The number of likely N-dealkylation sites (tertiary alicyclic amines) is 1. The number of nitrogens with zero attached hydrogens (tertiary/aromatic N) is 2. The largest absolute Gasteiger partial charge is 0.450 e. The Labute approximate surface area is 141 Å². The van der Waals surface area contributed by atoms with E-state index in [-0.39, 0.29) is 11.9 Å². The monoisotopic (exact) mass is 337 g/mol. The van der Waals surface area contributed by atoms with Crippen molar-refractivity contribution in [3.63, 3.8) is 0 Å². The zero-order valence-electron chi connectivity index (χ0n) is 14.3. The van der Waals surface area contributed by atoms with Gasteiger partial charge in [-0.2, -0.15) is 0 Å². The summed E-state index contributed by atoms with van der Waals surface area (Å²) in [6.45, 7) is 3.03. The number of hydrogen-bond donors (Lipinski definition) is 1. The second-order valence-electron chi connectivity index (χ2n) is 6.02. The minimum atomic E-state index is -0.474. The van der Waals surface area contributed by atoms with Crippen molar-refractivity contribution in [1.29, 1.82) is 0 Å². The van der Waals surface area contributed by atoms with Crippen molar-refractivity contribution in [2.45, 2.75) is 25.8 Å². The molecule has 1 aliphatic rings. The van der Waals surface area contributed by atoms with Crippen molar-refractivity contribution in [2.24, 2.45) is 0 Å². The molecule has 1 aromatic carbocycles. The van der Waals surface area contributed by atoms with Crippen molar-refractivity contribution in [3.05, 3.63) is 29.6 Å².